The van der Waals surface area contributed by atoms with E-state index in [2.05, 4.69) is 0 Å². The van der Waals surface area contributed by atoms with Crippen LogP contribution in [0.2, 0.25) is 0 Å². The van der Waals surface area contributed by atoms with Crippen molar-refractivity contribution in [3.63, 3.8) is 0 Å². The van der Waals surface area contributed by atoms with Crippen molar-refractivity contribution in [3.05, 3.63) is 0 Å². The summed E-state index contributed by atoms with van der Waals surface area (Å²) in [7, 11) is 0. The van der Waals surface area contributed by atoms with E-state index in [0.717, 1.165) is 12.8 Å². The Labute approximate surface area is 108 Å². The maximum atomic E-state index is 12.1. The Kier molecular flexibility index (Phi) is 3.82. The summed E-state index contributed by atoms with van der Waals surface area (Å²) < 4.78 is 11.1. The van der Waals surface area contributed by atoms with Crippen LogP contribution in [0.5, 0.6) is 0 Å². The molecule has 1 N–H and O–H groups in total. The molecule has 0 aromatic carbocycles. The number of nitrogens with zero attached hydrogens (tertiary/aromatic N) is 1. The molecule has 2 fully saturated rings. The first-order valence-corrected chi connectivity index (χ1v) is 6.64. The van der Waals surface area contributed by atoms with Gasteiger partial charge in [0.15, 0.2) is 0 Å². The van der Waals surface area contributed by atoms with Gasteiger partial charge >= 0.3 is 6.09 Å². The number of aliphatic hydroxyl groups is 1. The minimum atomic E-state index is -0.472. The van der Waals surface area contributed by atoms with Gasteiger partial charge in [0.05, 0.1) is 18.8 Å². The lowest BCUT2D eigenvalue weighted by Gasteiger charge is -2.39. The summed E-state index contributed by atoms with van der Waals surface area (Å²) in [5.74, 6) is 0.153. The second-order valence-electron chi connectivity index (χ2n) is 6.10. The maximum absolute atomic E-state index is 12.1. The zero-order chi connectivity index (χ0) is 13.3. The van der Waals surface area contributed by atoms with Gasteiger partial charge in [0.25, 0.3) is 0 Å². The highest BCUT2D eigenvalue weighted by molar-refractivity contribution is 5.68. The van der Waals surface area contributed by atoms with Gasteiger partial charge in [-0.05, 0) is 33.6 Å². The van der Waals surface area contributed by atoms with Crippen LogP contribution in [0.3, 0.4) is 0 Å². The number of hydrogen-bond donors (Lipinski definition) is 1. The van der Waals surface area contributed by atoms with E-state index in [1.807, 2.05) is 20.8 Å². The Morgan fingerprint density at radius 1 is 1.44 bits per heavy atom. The molecule has 1 aliphatic heterocycles. The molecule has 1 saturated heterocycles. The first kappa shape index (κ1) is 13.6. The fourth-order valence-corrected chi connectivity index (χ4v) is 2.80. The Balaban J connectivity index is 2.03. The molecule has 0 spiro atoms. The lowest BCUT2D eigenvalue weighted by atomic mass is 10.0. The molecule has 0 radical (unpaired) electrons. The molecule has 5 nitrogen and oxygen atoms in total. The number of aliphatic hydroxyl groups excluding tert-OH is 1. The number of rotatable bonds is 1. The summed E-state index contributed by atoms with van der Waals surface area (Å²) in [6.07, 6.45) is 1.50. The molecular formula is C13H23NO4. The average Bonchev–Trinajstić information content (AvgIpc) is 2.69. The van der Waals surface area contributed by atoms with Crippen LogP contribution in [0.1, 0.15) is 33.6 Å². The molecule has 0 bridgehead atoms. The van der Waals surface area contributed by atoms with Crippen molar-refractivity contribution in [2.24, 2.45) is 5.92 Å². The highest BCUT2D eigenvalue weighted by Gasteiger charge is 2.45. The minimum Gasteiger partial charge on any atom is -0.444 e. The van der Waals surface area contributed by atoms with Crippen molar-refractivity contribution in [1.82, 2.24) is 4.90 Å². The van der Waals surface area contributed by atoms with Crippen LogP contribution >= 0.6 is 0 Å². The van der Waals surface area contributed by atoms with E-state index < -0.39 is 5.60 Å². The Morgan fingerprint density at radius 2 is 2.17 bits per heavy atom. The normalized spacial score (nSPS) is 32.2. The van der Waals surface area contributed by atoms with Crippen molar-refractivity contribution in [1.29, 1.82) is 0 Å². The molecule has 3 unspecified atom stereocenters. The Morgan fingerprint density at radius 3 is 2.78 bits per heavy atom. The van der Waals surface area contributed by atoms with Crippen LogP contribution in [0.15, 0.2) is 0 Å². The molecule has 0 aromatic heterocycles. The van der Waals surface area contributed by atoms with Crippen LogP contribution in [-0.2, 0) is 9.47 Å². The lowest BCUT2D eigenvalue weighted by molar-refractivity contribution is -0.0829. The zero-order valence-corrected chi connectivity index (χ0v) is 11.4. The number of hydrogen-bond acceptors (Lipinski definition) is 4. The predicted octanol–water partition coefficient (Wildman–Crippen LogP) is 1.39. The van der Waals surface area contributed by atoms with E-state index in [4.69, 9.17) is 9.47 Å². The topological polar surface area (TPSA) is 59.0 Å². The molecule has 3 atom stereocenters. The van der Waals surface area contributed by atoms with Crippen LogP contribution in [0.4, 0.5) is 4.79 Å². The third-order valence-electron chi connectivity index (χ3n) is 3.58. The molecule has 18 heavy (non-hydrogen) atoms. The van der Waals surface area contributed by atoms with Crippen molar-refractivity contribution in [2.75, 3.05) is 19.8 Å². The second-order valence-corrected chi connectivity index (χ2v) is 6.10. The van der Waals surface area contributed by atoms with E-state index in [9.17, 15) is 9.90 Å². The van der Waals surface area contributed by atoms with E-state index in [1.54, 1.807) is 4.90 Å². The lowest BCUT2D eigenvalue weighted by Crippen LogP contribution is -2.54. The summed E-state index contributed by atoms with van der Waals surface area (Å²) >= 11 is 0. The van der Waals surface area contributed by atoms with Crippen LogP contribution < -0.4 is 0 Å². The van der Waals surface area contributed by atoms with Crippen molar-refractivity contribution >= 4 is 6.09 Å². The molecule has 0 aromatic rings. The summed E-state index contributed by atoms with van der Waals surface area (Å²) in [5.41, 5.74) is -0.472. The molecular weight excluding hydrogens is 234 g/mol. The largest absolute Gasteiger partial charge is 0.444 e. The number of amides is 1. The summed E-state index contributed by atoms with van der Waals surface area (Å²) in [6, 6.07) is 0.0609. The van der Waals surface area contributed by atoms with E-state index in [0.29, 0.717) is 13.2 Å². The Hall–Kier alpha value is -0.810. The fraction of sp³-hybridized carbons (Fsp3) is 0.923. The molecule has 1 aliphatic carbocycles. The van der Waals surface area contributed by atoms with Crippen LogP contribution in [0.25, 0.3) is 0 Å². The number of morpholine rings is 1. The molecule has 1 amide bonds. The third kappa shape index (κ3) is 2.78. The highest BCUT2D eigenvalue weighted by Crippen LogP contribution is 2.34. The second kappa shape index (κ2) is 5.05. The first-order chi connectivity index (χ1) is 8.42. The van der Waals surface area contributed by atoms with E-state index in [1.165, 1.54) is 0 Å². The fourth-order valence-electron chi connectivity index (χ4n) is 2.80. The van der Waals surface area contributed by atoms with E-state index in [-0.39, 0.29) is 30.8 Å². The van der Waals surface area contributed by atoms with Gasteiger partial charge in [0.1, 0.15) is 5.60 Å². The summed E-state index contributed by atoms with van der Waals surface area (Å²) in [6.45, 7) is 6.84. The van der Waals surface area contributed by atoms with Gasteiger partial charge in [-0.1, -0.05) is 0 Å². The van der Waals surface area contributed by atoms with Crippen molar-refractivity contribution in [2.45, 2.75) is 51.4 Å². The van der Waals surface area contributed by atoms with Gasteiger partial charge < -0.3 is 19.5 Å². The van der Waals surface area contributed by atoms with Crippen molar-refractivity contribution in [3.8, 4) is 0 Å². The standard InChI is InChI=1S/C13H23NO4/c1-13(2,3)18-12(16)14-6-7-17-11-9(8-15)4-5-10(11)14/h9-11,15H,4-8H2,1-3H3. The van der Waals surface area contributed by atoms with Gasteiger partial charge in [-0.2, -0.15) is 0 Å². The van der Waals surface area contributed by atoms with Crippen molar-refractivity contribution < 1.29 is 19.4 Å². The average molecular weight is 257 g/mol. The van der Waals surface area contributed by atoms with E-state index >= 15 is 0 Å². The molecule has 104 valence electrons. The Bertz CT molecular complexity index is 313. The van der Waals surface area contributed by atoms with Gasteiger partial charge in [0.2, 0.25) is 0 Å². The molecule has 2 rings (SSSR count). The summed E-state index contributed by atoms with van der Waals surface area (Å²) in [4.78, 5) is 13.9. The molecule has 1 heterocycles. The summed E-state index contributed by atoms with van der Waals surface area (Å²) in [5, 5.41) is 9.30. The van der Waals surface area contributed by atoms with Crippen LogP contribution in [0, 0.1) is 5.92 Å². The van der Waals surface area contributed by atoms with Gasteiger partial charge in [-0.25, -0.2) is 4.79 Å². The zero-order valence-electron chi connectivity index (χ0n) is 11.4. The van der Waals surface area contributed by atoms with Crippen LogP contribution in [-0.4, -0.2) is 53.6 Å². The number of ether oxygens (including phenoxy) is 2. The number of fused-ring (bicyclic) bond motifs is 1. The first-order valence-electron chi connectivity index (χ1n) is 6.64. The third-order valence-corrected chi connectivity index (χ3v) is 3.58. The molecule has 2 aliphatic rings. The number of carbonyl (C=O) groups excluding carboxylic acids is 1. The highest BCUT2D eigenvalue weighted by atomic mass is 16.6. The minimum absolute atomic E-state index is 0.0312. The van der Waals surface area contributed by atoms with Gasteiger partial charge in [-0.3, -0.25) is 0 Å². The number of carbonyl (C=O) groups is 1. The predicted molar refractivity (Wildman–Crippen MR) is 66.3 cm³/mol. The maximum Gasteiger partial charge on any atom is 0.410 e. The molecule has 5 heteroatoms. The molecule has 1 saturated carbocycles. The van der Waals surface area contributed by atoms with Gasteiger partial charge in [0, 0.05) is 19.1 Å². The monoisotopic (exact) mass is 257 g/mol. The van der Waals surface area contributed by atoms with Gasteiger partial charge in [-0.15, -0.1) is 0 Å². The quantitative estimate of drug-likeness (QED) is 0.771. The smallest absolute Gasteiger partial charge is 0.410 e. The SMILES string of the molecule is CC(C)(C)OC(=O)N1CCOC2C(CO)CCC21.